The number of nitrogens with one attached hydrogen (secondary N) is 4. The number of aliphatic hydroxyl groups is 1. The number of terminal acetylenes is 1. The van der Waals surface area contributed by atoms with Crippen LogP contribution < -0.4 is 27.0 Å². The van der Waals surface area contributed by atoms with Crippen molar-refractivity contribution in [3.63, 3.8) is 0 Å². The van der Waals surface area contributed by atoms with Gasteiger partial charge in [-0.2, -0.15) is 0 Å². The minimum absolute atomic E-state index is 0.0866. The third kappa shape index (κ3) is 13.0. The van der Waals surface area contributed by atoms with Crippen molar-refractivity contribution < 1.29 is 33.8 Å². The van der Waals surface area contributed by atoms with Crippen LogP contribution in [0, 0.1) is 18.3 Å². The van der Waals surface area contributed by atoms with Crippen LogP contribution in [0.25, 0.3) is 0 Å². The lowest BCUT2D eigenvalue weighted by atomic mass is 10.0. The Balaban J connectivity index is 3.07. The number of hydrogen-bond donors (Lipinski definition) is 6. The van der Waals surface area contributed by atoms with Gasteiger partial charge in [0.2, 0.25) is 11.8 Å². The van der Waals surface area contributed by atoms with Gasteiger partial charge in [-0.3, -0.25) is 9.59 Å². The Bertz CT molecular complexity index is 1030. The van der Waals surface area contributed by atoms with Gasteiger partial charge in [-0.1, -0.05) is 25.8 Å². The van der Waals surface area contributed by atoms with E-state index < -0.39 is 41.6 Å². The molecule has 2 atom stereocenters. The van der Waals surface area contributed by atoms with Crippen LogP contribution >= 0.6 is 0 Å². The van der Waals surface area contributed by atoms with Gasteiger partial charge in [0.25, 0.3) is 0 Å². The Morgan fingerprint density at radius 2 is 1.79 bits per heavy atom. The van der Waals surface area contributed by atoms with Crippen molar-refractivity contribution in [1.29, 1.82) is 0 Å². The van der Waals surface area contributed by atoms with E-state index in [9.17, 15) is 24.3 Å². The molecule has 0 radical (unpaired) electrons. The summed E-state index contributed by atoms with van der Waals surface area (Å²) in [6.07, 6.45) is 4.96. The third-order valence-corrected chi connectivity index (χ3v) is 5.31. The lowest BCUT2D eigenvalue weighted by Gasteiger charge is -2.27. The first kappa shape index (κ1) is 33.2. The maximum atomic E-state index is 13.2. The van der Waals surface area contributed by atoms with E-state index in [4.69, 9.17) is 21.6 Å². The van der Waals surface area contributed by atoms with E-state index in [1.54, 1.807) is 52.8 Å². The quantitative estimate of drug-likeness (QED) is 0.151. The molecule has 0 spiro atoms. The Hall–Kier alpha value is -3.82. The summed E-state index contributed by atoms with van der Waals surface area (Å²) in [6.45, 7) is 8.81. The van der Waals surface area contributed by atoms with Crippen LogP contribution in [0.15, 0.2) is 18.2 Å². The molecule has 0 aliphatic carbocycles. The molecule has 12 nitrogen and oxygen atoms in total. The predicted octanol–water partition coefficient (Wildman–Crippen LogP) is 1.75. The molecule has 1 unspecified atom stereocenters. The fourth-order valence-corrected chi connectivity index (χ4v) is 3.46. The first-order valence-corrected chi connectivity index (χ1v) is 12.6. The van der Waals surface area contributed by atoms with E-state index in [0.29, 0.717) is 23.2 Å². The number of rotatable bonds is 14. The van der Waals surface area contributed by atoms with E-state index in [1.807, 2.05) is 0 Å². The van der Waals surface area contributed by atoms with Crippen LogP contribution in [-0.2, 0) is 32.3 Å². The molecule has 5 amide bonds. The molecule has 0 aliphatic heterocycles. The predicted molar refractivity (Wildman–Crippen MR) is 146 cm³/mol. The standard InChI is InChI=1S/C27H41N5O7/c1-7-13-38-16-19-14-20(11-10-18(19)15-33)30-23(34)21(9-8-12-29-25(28)36)31-24(35)22(17(2)3)32-26(37)39-27(4,5)6/h1,10-11,14,17,21-22,33H,8-9,12-13,15-16H2,2-6H3,(H,30,34)(H,31,35)(H,32,37)(H3,28,29,36)/t21-,22?/m0/s1. The Kier molecular flexibility index (Phi) is 13.8. The first-order chi connectivity index (χ1) is 18.3. The van der Waals surface area contributed by atoms with Gasteiger partial charge in [0.1, 0.15) is 24.3 Å². The summed E-state index contributed by atoms with van der Waals surface area (Å²) in [6, 6.07) is 2.23. The van der Waals surface area contributed by atoms with Crippen LogP contribution in [0.5, 0.6) is 0 Å². The van der Waals surface area contributed by atoms with E-state index in [2.05, 4.69) is 27.2 Å². The van der Waals surface area contributed by atoms with Crippen molar-refractivity contribution in [3.8, 4) is 12.3 Å². The summed E-state index contributed by atoms with van der Waals surface area (Å²) >= 11 is 0. The van der Waals surface area contributed by atoms with Crippen molar-refractivity contribution in [1.82, 2.24) is 16.0 Å². The number of benzene rings is 1. The highest BCUT2D eigenvalue weighted by atomic mass is 16.6. The number of ether oxygens (including phenoxy) is 2. The lowest BCUT2D eigenvalue weighted by molar-refractivity contribution is -0.128. The molecule has 0 heterocycles. The third-order valence-electron chi connectivity index (χ3n) is 5.31. The van der Waals surface area contributed by atoms with Gasteiger partial charge in [0.15, 0.2) is 0 Å². The molecule has 0 aromatic heterocycles. The molecule has 0 fully saturated rings. The molecule has 0 aliphatic rings. The van der Waals surface area contributed by atoms with Gasteiger partial charge in [-0.25, -0.2) is 9.59 Å². The highest BCUT2D eigenvalue weighted by Gasteiger charge is 2.30. The number of amides is 5. The largest absolute Gasteiger partial charge is 0.444 e. The molecular weight excluding hydrogens is 506 g/mol. The molecule has 12 heteroatoms. The smallest absolute Gasteiger partial charge is 0.408 e. The molecule has 216 valence electrons. The number of hydrogen-bond acceptors (Lipinski definition) is 7. The molecule has 39 heavy (non-hydrogen) atoms. The van der Waals surface area contributed by atoms with Crippen LogP contribution in [0.1, 0.15) is 58.6 Å². The Morgan fingerprint density at radius 1 is 1.10 bits per heavy atom. The maximum absolute atomic E-state index is 13.2. The number of carbonyl (C=O) groups is 4. The summed E-state index contributed by atoms with van der Waals surface area (Å²) in [7, 11) is 0. The number of nitrogens with two attached hydrogens (primary N) is 1. The molecule has 1 aromatic carbocycles. The number of alkyl carbamates (subject to hydrolysis) is 1. The van der Waals surface area contributed by atoms with Gasteiger partial charge in [0, 0.05) is 12.2 Å². The Morgan fingerprint density at radius 3 is 2.36 bits per heavy atom. The van der Waals surface area contributed by atoms with Crippen LogP contribution in [0.3, 0.4) is 0 Å². The molecular formula is C27H41N5O7. The highest BCUT2D eigenvalue weighted by Crippen LogP contribution is 2.18. The van der Waals surface area contributed by atoms with Crippen LogP contribution in [-0.4, -0.2) is 59.9 Å². The zero-order chi connectivity index (χ0) is 29.6. The molecule has 0 saturated heterocycles. The zero-order valence-corrected chi connectivity index (χ0v) is 23.3. The highest BCUT2D eigenvalue weighted by molar-refractivity contribution is 5.98. The average molecular weight is 548 g/mol. The first-order valence-electron chi connectivity index (χ1n) is 12.6. The minimum atomic E-state index is -1.01. The molecule has 0 saturated carbocycles. The topological polar surface area (TPSA) is 181 Å². The van der Waals surface area contributed by atoms with E-state index >= 15 is 0 Å². The zero-order valence-electron chi connectivity index (χ0n) is 23.3. The number of anilines is 1. The summed E-state index contributed by atoms with van der Waals surface area (Å²) in [5, 5.41) is 20.1. The van der Waals surface area contributed by atoms with Crippen molar-refractivity contribution in [2.45, 2.75) is 78.4 Å². The fourth-order valence-electron chi connectivity index (χ4n) is 3.46. The molecule has 1 rings (SSSR count). The van der Waals surface area contributed by atoms with Gasteiger partial charge in [-0.05, 0) is 62.8 Å². The number of carbonyl (C=O) groups excluding carboxylic acids is 4. The summed E-state index contributed by atoms with van der Waals surface area (Å²) in [5.74, 6) is 0.962. The summed E-state index contributed by atoms with van der Waals surface area (Å²) in [4.78, 5) is 49.7. The second-order valence-electron chi connectivity index (χ2n) is 10.2. The van der Waals surface area contributed by atoms with E-state index in [0.717, 1.165) is 0 Å². The second-order valence-corrected chi connectivity index (χ2v) is 10.2. The van der Waals surface area contributed by atoms with Gasteiger partial charge < -0.3 is 41.6 Å². The lowest BCUT2D eigenvalue weighted by Crippen LogP contribution is -2.55. The van der Waals surface area contributed by atoms with Crippen molar-refractivity contribution in [3.05, 3.63) is 29.3 Å². The van der Waals surface area contributed by atoms with Crippen LogP contribution in [0.4, 0.5) is 15.3 Å². The van der Waals surface area contributed by atoms with E-state index in [-0.39, 0.29) is 38.7 Å². The van der Waals surface area contributed by atoms with Crippen molar-refractivity contribution in [2.75, 3.05) is 18.5 Å². The minimum Gasteiger partial charge on any atom is -0.444 e. The van der Waals surface area contributed by atoms with Crippen molar-refractivity contribution in [2.24, 2.45) is 11.7 Å². The van der Waals surface area contributed by atoms with Gasteiger partial charge in [0.05, 0.1) is 13.2 Å². The normalized spacial score (nSPS) is 12.6. The molecule has 0 bridgehead atoms. The molecule has 1 aromatic rings. The fraction of sp³-hybridized carbons (Fsp3) is 0.556. The average Bonchev–Trinajstić information content (AvgIpc) is 2.83. The number of aliphatic hydroxyl groups excluding tert-OH is 1. The Labute approximate surface area is 229 Å². The molecule has 7 N–H and O–H groups in total. The summed E-state index contributed by atoms with van der Waals surface area (Å²) < 4.78 is 10.6. The van der Waals surface area contributed by atoms with Crippen molar-refractivity contribution >= 4 is 29.6 Å². The SMILES string of the molecule is C#CCOCc1cc(NC(=O)[C@H](CCCNC(N)=O)NC(=O)C(NC(=O)OC(C)(C)C)C(C)C)ccc1CO. The van der Waals surface area contributed by atoms with Gasteiger partial charge >= 0.3 is 12.1 Å². The van der Waals surface area contributed by atoms with Crippen LogP contribution in [0.2, 0.25) is 0 Å². The monoisotopic (exact) mass is 547 g/mol. The summed E-state index contributed by atoms with van der Waals surface area (Å²) in [5.41, 5.74) is 6.01. The van der Waals surface area contributed by atoms with E-state index in [1.165, 1.54) is 0 Å². The number of urea groups is 1. The number of primary amides is 1. The van der Waals surface area contributed by atoms with Gasteiger partial charge in [-0.15, -0.1) is 6.42 Å². The maximum Gasteiger partial charge on any atom is 0.408 e. The second kappa shape index (κ2) is 16.2.